The van der Waals surface area contributed by atoms with Crippen molar-refractivity contribution >= 4 is 69.1 Å². The number of aliphatic hydroxyl groups is 1. The molecule has 6 heterocycles. The molecule has 16 nitrogen and oxygen atoms in total. The molecule has 4 aromatic heterocycles. The Morgan fingerprint density at radius 3 is 1.77 bits per heavy atom. The Morgan fingerprint density at radius 2 is 1.25 bits per heavy atom. The van der Waals surface area contributed by atoms with Crippen LogP contribution in [0.1, 0.15) is 76.3 Å². The highest BCUT2D eigenvalue weighted by molar-refractivity contribution is 6.00. The molecule has 16 heteroatoms. The molecule has 2 aromatic carbocycles. The topological polar surface area (TPSA) is 179 Å². The molecular formula is C48H58N12O4. The zero-order chi connectivity index (χ0) is 44.4. The fourth-order valence-electron chi connectivity index (χ4n) is 8.72. The summed E-state index contributed by atoms with van der Waals surface area (Å²) in [5.41, 5.74) is 6.56. The average Bonchev–Trinajstić information content (AvgIpc) is 3.94. The maximum Gasteiger partial charge on any atom is 0.251 e. The largest absolute Gasteiger partial charge is 0.501 e. The summed E-state index contributed by atoms with van der Waals surface area (Å²) in [4.78, 5) is 39.9. The highest BCUT2D eigenvalue weighted by atomic mass is 16.5. The molecule has 2 amide bonds. The maximum absolute atomic E-state index is 13.1. The average molecular weight is 867 g/mol. The number of benzene rings is 2. The summed E-state index contributed by atoms with van der Waals surface area (Å²) in [6, 6.07) is 19.6. The third-order valence-electron chi connectivity index (χ3n) is 12.0. The maximum atomic E-state index is 13.1. The molecule has 0 saturated carbocycles. The van der Waals surface area contributed by atoms with Gasteiger partial charge in [-0.3, -0.25) is 9.59 Å². The predicted molar refractivity (Wildman–Crippen MR) is 253 cm³/mol. The van der Waals surface area contributed by atoms with Gasteiger partial charge in [-0.05, 0) is 100 Å². The van der Waals surface area contributed by atoms with E-state index in [9.17, 15) is 14.7 Å². The van der Waals surface area contributed by atoms with Crippen LogP contribution in [0, 0.1) is 0 Å². The number of fused-ring (bicyclic) bond motifs is 2. The standard InChI is InChI=1S/C48H58N12O4/c1-4-33-31-49-59-43(29-41(55-47(33)59)57-22-9-7-17-39(57)19-24-61)52-36-14-12-16-38(28-36)54-46(63)21-26-64-25-20-40-18-8-10-23-58(40)42-30-44(60-48(56-42)34(5-2)32-50-60)51-35-13-11-15-37(27-35)53-45(62)6-3/h6,11-16,21,26-32,39-40,51-52,61H,3-5,7-10,17-20,22-25H2,1-2H3,(H,53,62)(H,54,63)/b26-21+/t39-,40-/m0/s1. The van der Waals surface area contributed by atoms with E-state index in [2.05, 4.69) is 61.7 Å². The zero-order valence-electron chi connectivity index (χ0n) is 36.7. The molecule has 64 heavy (non-hydrogen) atoms. The van der Waals surface area contributed by atoms with Crippen LogP contribution in [0.5, 0.6) is 0 Å². The third-order valence-corrected chi connectivity index (χ3v) is 12.0. The van der Waals surface area contributed by atoms with E-state index in [-0.39, 0.29) is 30.5 Å². The molecule has 0 spiro atoms. The molecule has 6 aromatic rings. The van der Waals surface area contributed by atoms with Crippen molar-refractivity contribution in [3.05, 3.63) is 109 Å². The number of hydrogen-bond donors (Lipinski definition) is 5. The first-order chi connectivity index (χ1) is 31.3. The molecule has 0 radical (unpaired) electrons. The lowest BCUT2D eigenvalue weighted by molar-refractivity contribution is -0.112. The van der Waals surface area contributed by atoms with E-state index in [1.807, 2.05) is 82.1 Å². The van der Waals surface area contributed by atoms with Gasteiger partial charge >= 0.3 is 0 Å². The van der Waals surface area contributed by atoms with E-state index >= 15 is 0 Å². The van der Waals surface area contributed by atoms with Crippen LogP contribution in [0.15, 0.2) is 98.1 Å². The van der Waals surface area contributed by atoms with Gasteiger partial charge in [0, 0.05) is 90.3 Å². The molecule has 2 saturated heterocycles. The summed E-state index contributed by atoms with van der Waals surface area (Å²) in [6.07, 6.45) is 17.3. The molecule has 0 unspecified atom stereocenters. The van der Waals surface area contributed by atoms with Crippen molar-refractivity contribution < 1.29 is 19.4 Å². The Labute approximate surface area is 373 Å². The lowest BCUT2D eigenvalue weighted by atomic mass is 9.99. The van der Waals surface area contributed by atoms with Crippen LogP contribution >= 0.6 is 0 Å². The van der Waals surface area contributed by atoms with Gasteiger partial charge in [-0.2, -0.15) is 19.2 Å². The number of rotatable bonds is 18. The number of nitrogens with one attached hydrogen (secondary N) is 4. The Morgan fingerprint density at radius 1 is 0.734 bits per heavy atom. The number of piperidine rings is 2. The van der Waals surface area contributed by atoms with Gasteiger partial charge in [-0.1, -0.05) is 32.6 Å². The second-order valence-corrected chi connectivity index (χ2v) is 16.3. The zero-order valence-corrected chi connectivity index (χ0v) is 36.7. The van der Waals surface area contributed by atoms with Gasteiger partial charge in [0.1, 0.15) is 23.3 Å². The van der Waals surface area contributed by atoms with Crippen LogP contribution in [0.2, 0.25) is 0 Å². The van der Waals surface area contributed by atoms with Crippen LogP contribution in [0.3, 0.4) is 0 Å². The monoisotopic (exact) mass is 866 g/mol. The van der Waals surface area contributed by atoms with Gasteiger partial charge in [0.25, 0.3) is 5.91 Å². The van der Waals surface area contributed by atoms with Gasteiger partial charge in [-0.25, -0.2) is 9.97 Å². The van der Waals surface area contributed by atoms with E-state index in [0.717, 1.165) is 128 Å². The molecule has 2 aliphatic rings. The van der Waals surface area contributed by atoms with Gasteiger partial charge in [-0.15, -0.1) is 0 Å². The number of aryl methyl sites for hydroxylation is 2. The minimum absolute atomic E-state index is 0.142. The Balaban J connectivity index is 0.900. The fraction of sp³-hybridized carbons (Fsp3) is 0.375. The molecule has 8 rings (SSSR count). The predicted octanol–water partition coefficient (Wildman–Crippen LogP) is 8.17. The number of aliphatic hydroxyl groups excluding tert-OH is 1. The van der Waals surface area contributed by atoms with Crippen molar-refractivity contribution in [3.63, 3.8) is 0 Å². The summed E-state index contributed by atoms with van der Waals surface area (Å²) in [7, 11) is 0. The summed E-state index contributed by atoms with van der Waals surface area (Å²) in [5, 5.41) is 31.9. The minimum atomic E-state index is -0.302. The summed E-state index contributed by atoms with van der Waals surface area (Å²) < 4.78 is 9.57. The number of ether oxygens (including phenoxy) is 1. The molecular weight excluding hydrogens is 809 g/mol. The normalized spacial score (nSPS) is 16.6. The summed E-state index contributed by atoms with van der Waals surface area (Å²) in [5.74, 6) is 2.67. The second kappa shape index (κ2) is 20.5. The summed E-state index contributed by atoms with van der Waals surface area (Å²) >= 11 is 0. The minimum Gasteiger partial charge on any atom is -0.501 e. The number of carbonyl (C=O) groups is 2. The number of carbonyl (C=O) groups excluding carboxylic acids is 2. The van der Waals surface area contributed by atoms with Crippen molar-refractivity contribution in [1.82, 2.24) is 29.2 Å². The van der Waals surface area contributed by atoms with Gasteiger partial charge in [0.05, 0.1) is 25.3 Å². The molecule has 5 N–H and O–H groups in total. The molecule has 0 bridgehead atoms. The van der Waals surface area contributed by atoms with E-state index in [1.165, 1.54) is 18.4 Å². The number of amides is 2. The first kappa shape index (κ1) is 43.7. The van der Waals surface area contributed by atoms with Crippen molar-refractivity contribution in [2.45, 2.75) is 90.1 Å². The lowest BCUT2D eigenvalue weighted by Crippen LogP contribution is -2.40. The van der Waals surface area contributed by atoms with Crippen LogP contribution in [0.4, 0.5) is 46.0 Å². The highest BCUT2D eigenvalue weighted by Gasteiger charge is 2.27. The highest BCUT2D eigenvalue weighted by Crippen LogP contribution is 2.32. The number of aromatic nitrogens is 6. The van der Waals surface area contributed by atoms with Crippen LogP contribution < -0.4 is 31.1 Å². The molecule has 2 aliphatic heterocycles. The Bertz CT molecular complexity index is 2620. The fourth-order valence-corrected chi connectivity index (χ4v) is 8.72. The van der Waals surface area contributed by atoms with Crippen molar-refractivity contribution in [2.24, 2.45) is 0 Å². The lowest BCUT2D eigenvalue weighted by Gasteiger charge is -2.37. The quantitative estimate of drug-likeness (QED) is 0.0319. The number of nitrogens with zero attached hydrogens (tertiary/aromatic N) is 8. The summed E-state index contributed by atoms with van der Waals surface area (Å²) in [6.45, 7) is 10.1. The molecule has 2 atom stereocenters. The molecule has 334 valence electrons. The van der Waals surface area contributed by atoms with Gasteiger partial charge in [0.2, 0.25) is 5.91 Å². The van der Waals surface area contributed by atoms with Crippen molar-refractivity contribution in [2.75, 3.05) is 57.4 Å². The van der Waals surface area contributed by atoms with E-state index in [1.54, 1.807) is 0 Å². The van der Waals surface area contributed by atoms with Crippen molar-refractivity contribution in [3.8, 4) is 0 Å². The van der Waals surface area contributed by atoms with Gasteiger partial charge < -0.3 is 40.9 Å². The van der Waals surface area contributed by atoms with E-state index in [0.29, 0.717) is 24.4 Å². The SMILES string of the molecule is C=CC(=O)Nc1cccc(Nc2cc(N3CCCC[C@H]3CCO/C=C/C(=O)Nc3cccc(Nc4cc(N5CCCC[C@H]5CCO)nc5c(CC)cnn45)c3)nc3c(CC)cnn23)c1. The van der Waals surface area contributed by atoms with Crippen LogP contribution in [0.25, 0.3) is 11.3 Å². The first-order valence-electron chi connectivity index (χ1n) is 22.5. The Hall–Kier alpha value is -6.94. The number of anilines is 8. The first-order valence-corrected chi connectivity index (χ1v) is 22.5. The van der Waals surface area contributed by atoms with Crippen molar-refractivity contribution in [1.29, 1.82) is 0 Å². The molecule has 0 aliphatic carbocycles. The number of hydrogen-bond acceptors (Lipinski definition) is 12. The third kappa shape index (κ3) is 10.1. The van der Waals surface area contributed by atoms with Crippen LogP contribution in [-0.2, 0) is 27.2 Å². The van der Waals surface area contributed by atoms with E-state index in [4.69, 9.17) is 14.7 Å². The second-order valence-electron chi connectivity index (χ2n) is 16.3. The smallest absolute Gasteiger partial charge is 0.251 e. The van der Waals surface area contributed by atoms with Gasteiger partial charge in [0.15, 0.2) is 11.3 Å². The Kier molecular flexibility index (Phi) is 14.0. The van der Waals surface area contributed by atoms with Crippen LogP contribution in [-0.4, -0.2) is 84.5 Å². The molecule has 2 fully saturated rings. The van der Waals surface area contributed by atoms with E-state index < -0.39 is 0 Å².